The minimum Gasteiger partial charge on any atom is -0.481 e. The van der Waals surface area contributed by atoms with Crippen molar-refractivity contribution in [3.63, 3.8) is 0 Å². The Bertz CT molecular complexity index is 562. The van der Waals surface area contributed by atoms with Crippen molar-refractivity contribution in [3.05, 3.63) is 30.3 Å². The van der Waals surface area contributed by atoms with Crippen molar-refractivity contribution in [1.82, 2.24) is 5.32 Å². The first kappa shape index (κ1) is 19.4. The number of para-hydroxylation sites is 1. The highest BCUT2D eigenvalue weighted by molar-refractivity contribution is 5.89. The fraction of sp³-hybridized carbons (Fsp3) is 0.438. The Hall–Kier alpha value is -2.61. The van der Waals surface area contributed by atoms with Gasteiger partial charge in [-0.15, -0.1) is 0 Å². The molecule has 1 saturated carbocycles. The number of carbonyl (C=O) groups is 3. The molecule has 6 N–H and O–H groups in total. The second kappa shape index (κ2) is 8.88. The molecule has 0 bridgehead atoms. The number of benzene rings is 1. The third-order valence-electron chi connectivity index (χ3n) is 3.80. The van der Waals surface area contributed by atoms with E-state index in [1.54, 1.807) is 6.92 Å². The molecule has 1 aromatic carbocycles. The number of hydrogen-bond donors (Lipinski definition) is 5. The summed E-state index contributed by atoms with van der Waals surface area (Å²) >= 11 is 0. The number of carbonyl (C=O) groups excluding carboxylic acids is 1. The number of nitrogens with two attached hydrogens (primary N) is 1. The number of nitrogens with one attached hydrogen (secondary N) is 2. The van der Waals surface area contributed by atoms with Crippen molar-refractivity contribution in [3.8, 4) is 0 Å². The van der Waals surface area contributed by atoms with Crippen LogP contribution in [0.1, 0.15) is 13.8 Å². The molecule has 4 atom stereocenters. The molecule has 0 heterocycles. The van der Waals surface area contributed by atoms with E-state index in [1.165, 1.54) is 0 Å². The highest BCUT2D eigenvalue weighted by Gasteiger charge is 2.56. The van der Waals surface area contributed by atoms with Crippen molar-refractivity contribution >= 4 is 23.7 Å². The molecule has 0 radical (unpaired) electrons. The summed E-state index contributed by atoms with van der Waals surface area (Å²) < 4.78 is 0. The van der Waals surface area contributed by atoms with E-state index in [2.05, 4.69) is 10.6 Å². The lowest BCUT2D eigenvalue weighted by molar-refractivity contribution is -0.140. The van der Waals surface area contributed by atoms with Crippen LogP contribution in [-0.4, -0.2) is 40.8 Å². The van der Waals surface area contributed by atoms with Crippen molar-refractivity contribution in [1.29, 1.82) is 0 Å². The number of aliphatic carboxylic acids is 2. The second-order valence-electron chi connectivity index (χ2n) is 5.51. The van der Waals surface area contributed by atoms with Crippen LogP contribution in [0.4, 0.5) is 10.5 Å². The standard InChI is InChI=1S/C9H12N2O.C7H11NO4/c1-2-10-9(12)11-8-6-4-3-5-7-8;1-2-3(4(2)6(9)10)5(8)7(11)12/h3-7H,2H2,1H3,(H2,10,11,12);2-5H,8H2,1H3,(H,9,10)(H,11,12)/t;2?,3?,4?,5-/m.0/s1. The second-order valence-corrected chi connectivity index (χ2v) is 5.51. The van der Waals surface area contributed by atoms with Gasteiger partial charge in [-0.25, -0.2) is 4.79 Å². The van der Waals surface area contributed by atoms with Gasteiger partial charge in [0.05, 0.1) is 5.92 Å². The first-order valence-electron chi connectivity index (χ1n) is 7.60. The summed E-state index contributed by atoms with van der Waals surface area (Å²) in [5.74, 6) is -3.18. The van der Waals surface area contributed by atoms with Crippen LogP contribution >= 0.6 is 0 Å². The van der Waals surface area contributed by atoms with Crippen LogP contribution in [0.3, 0.4) is 0 Å². The maximum Gasteiger partial charge on any atom is 0.320 e. The molecule has 3 unspecified atom stereocenters. The maximum atomic E-state index is 11.0. The number of rotatable bonds is 5. The summed E-state index contributed by atoms with van der Waals surface area (Å²) in [5.41, 5.74) is 6.09. The molecule has 24 heavy (non-hydrogen) atoms. The average Bonchev–Trinajstić information content (AvgIpc) is 3.19. The maximum absolute atomic E-state index is 11.0. The molecule has 8 nitrogen and oxygen atoms in total. The molecule has 8 heteroatoms. The van der Waals surface area contributed by atoms with Gasteiger partial charge in [0.25, 0.3) is 0 Å². The fourth-order valence-corrected chi connectivity index (χ4v) is 2.46. The van der Waals surface area contributed by atoms with Crippen molar-refractivity contribution < 1.29 is 24.6 Å². The Kier molecular flexibility index (Phi) is 7.19. The van der Waals surface area contributed by atoms with Crippen LogP contribution in [0.5, 0.6) is 0 Å². The van der Waals surface area contributed by atoms with E-state index >= 15 is 0 Å². The van der Waals surface area contributed by atoms with Crippen LogP contribution in [0.25, 0.3) is 0 Å². The Morgan fingerprint density at radius 2 is 1.79 bits per heavy atom. The number of urea groups is 1. The Morgan fingerprint density at radius 3 is 2.21 bits per heavy atom. The Morgan fingerprint density at radius 1 is 1.21 bits per heavy atom. The lowest BCUT2D eigenvalue weighted by Gasteiger charge is -2.04. The van der Waals surface area contributed by atoms with E-state index in [1.807, 2.05) is 37.3 Å². The third-order valence-corrected chi connectivity index (χ3v) is 3.80. The Balaban J connectivity index is 0.000000240. The molecule has 0 aromatic heterocycles. The van der Waals surface area contributed by atoms with Gasteiger partial charge in [0.2, 0.25) is 0 Å². The van der Waals surface area contributed by atoms with Gasteiger partial charge in [0, 0.05) is 18.2 Å². The SMILES string of the molecule is CC1C(C(=O)O)C1[C@H](N)C(=O)O.CCNC(=O)Nc1ccccc1. The third kappa shape index (κ3) is 5.54. The minimum atomic E-state index is -1.13. The van der Waals surface area contributed by atoms with Gasteiger partial charge < -0.3 is 26.6 Å². The largest absolute Gasteiger partial charge is 0.481 e. The van der Waals surface area contributed by atoms with Crippen LogP contribution in [-0.2, 0) is 9.59 Å². The quantitative estimate of drug-likeness (QED) is 0.546. The van der Waals surface area contributed by atoms with E-state index in [-0.39, 0.29) is 11.9 Å². The summed E-state index contributed by atoms with van der Waals surface area (Å²) in [5, 5.41) is 22.4. The molecule has 132 valence electrons. The van der Waals surface area contributed by atoms with E-state index in [4.69, 9.17) is 15.9 Å². The monoisotopic (exact) mass is 337 g/mol. The van der Waals surface area contributed by atoms with Gasteiger partial charge >= 0.3 is 18.0 Å². The summed E-state index contributed by atoms with van der Waals surface area (Å²) in [4.78, 5) is 31.8. The highest BCUT2D eigenvalue weighted by Crippen LogP contribution is 2.47. The molecule has 2 rings (SSSR count). The zero-order chi connectivity index (χ0) is 18.3. The smallest absolute Gasteiger partial charge is 0.320 e. The summed E-state index contributed by atoms with van der Waals surface area (Å²) in [6, 6.07) is 8.14. The van der Waals surface area contributed by atoms with E-state index in [0.29, 0.717) is 6.54 Å². The van der Waals surface area contributed by atoms with Crippen molar-refractivity contribution in [2.24, 2.45) is 23.5 Å². The molecule has 1 aliphatic carbocycles. The van der Waals surface area contributed by atoms with Crippen LogP contribution in [0.2, 0.25) is 0 Å². The summed E-state index contributed by atoms with van der Waals surface area (Å²) in [6.45, 7) is 4.22. The van der Waals surface area contributed by atoms with Crippen LogP contribution < -0.4 is 16.4 Å². The lowest BCUT2D eigenvalue weighted by Crippen LogP contribution is -2.33. The molecular weight excluding hydrogens is 314 g/mol. The van der Waals surface area contributed by atoms with E-state index in [9.17, 15) is 14.4 Å². The molecule has 0 spiro atoms. The normalized spacial score (nSPS) is 22.4. The topological polar surface area (TPSA) is 142 Å². The lowest BCUT2D eigenvalue weighted by atomic mass is 10.1. The van der Waals surface area contributed by atoms with E-state index in [0.717, 1.165) is 5.69 Å². The summed E-state index contributed by atoms with van der Waals surface area (Å²) in [7, 11) is 0. The Labute approximate surface area is 140 Å². The van der Waals surface area contributed by atoms with Crippen molar-refractivity contribution in [2.75, 3.05) is 11.9 Å². The van der Waals surface area contributed by atoms with Gasteiger partial charge in [-0.3, -0.25) is 9.59 Å². The average molecular weight is 337 g/mol. The van der Waals surface area contributed by atoms with Gasteiger partial charge in [0.1, 0.15) is 6.04 Å². The minimum absolute atomic E-state index is 0.117. The molecule has 0 aliphatic heterocycles. The van der Waals surface area contributed by atoms with Gasteiger partial charge in [-0.2, -0.15) is 0 Å². The van der Waals surface area contributed by atoms with Crippen LogP contribution in [0, 0.1) is 17.8 Å². The molecule has 1 aliphatic rings. The van der Waals surface area contributed by atoms with Gasteiger partial charge in [0.15, 0.2) is 0 Å². The number of carboxylic acid groups (broad SMARTS) is 2. The zero-order valence-electron chi connectivity index (χ0n) is 13.6. The molecular formula is C16H23N3O5. The number of amides is 2. The van der Waals surface area contributed by atoms with Crippen molar-refractivity contribution in [2.45, 2.75) is 19.9 Å². The van der Waals surface area contributed by atoms with Gasteiger partial charge in [-0.05, 0) is 25.0 Å². The van der Waals surface area contributed by atoms with Crippen LogP contribution in [0.15, 0.2) is 30.3 Å². The highest BCUT2D eigenvalue weighted by atomic mass is 16.4. The predicted octanol–water partition coefficient (Wildman–Crippen LogP) is 1.19. The molecule has 1 aromatic rings. The first-order valence-corrected chi connectivity index (χ1v) is 7.60. The molecule has 1 fully saturated rings. The first-order chi connectivity index (χ1) is 11.3. The number of carboxylic acids is 2. The zero-order valence-corrected chi connectivity index (χ0v) is 13.6. The predicted molar refractivity (Wildman–Crippen MR) is 88.5 cm³/mol. The fourth-order valence-electron chi connectivity index (χ4n) is 2.46. The van der Waals surface area contributed by atoms with E-state index < -0.39 is 29.8 Å². The summed E-state index contributed by atoms with van der Waals surface area (Å²) in [6.07, 6.45) is 0. The van der Waals surface area contributed by atoms with Gasteiger partial charge in [-0.1, -0.05) is 25.1 Å². The molecule has 0 saturated heterocycles. The number of anilines is 1. The number of hydrogen-bond acceptors (Lipinski definition) is 4. The molecule has 2 amide bonds.